The molecular formula is C12H12F3N3O. The van der Waals surface area contributed by atoms with E-state index < -0.39 is 12.1 Å². The number of hydrogen-bond acceptors (Lipinski definition) is 4. The van der Waals surface area contributed by atoms with Crippen molar-refractivity contribution in [2.24, 2.45) is 5.73 Å². The normalized spacial score (nSPS) is 13.6. The van der Waals surface area contributed by atoms with Gasteiger partial charge in [-0.1, -0.05) is 6.07 Å². The number of aromatic nitrogens is 2. The summed E-state index contributed by atoms with van der Waals surface area (Å²) in [4.78, 5) is 0. The van der Waals surface area contributed by atoms with E-state index in [-0.39, 0.29) is 11.9 Å². The number of nitrogens with zero attached hydrogens (tertiary/aromatic N) is 2. The second-order valence-corrected chi connectivity index (χ2v) is 4.27. The number of benzene rings is 1. The third-order valence-electron chi connectivity index (χ3n) is 2.67. The number of aryl methyl sites for hydroxylation is 1. The van der Waals surface area contributed by atoms with E-state index in [4.69, 9.17) is 5.73 Å². The Labute approximate surface area is 107 Å². The predicted octanol–water partition coefficient (Wildman–Crippen LogP) is 3.08. The molecule has 2 aromatic rings. The molecule has 0 aliphatic heterocycles. The highest BCUT2D eigenvalue weighted by atomic mass is 19.4. The minimum Gasteiger partial charge on any atom is -0.413 e. The molecule has 4 nitrogen and oxygen atoms in total. The first-order valence-corrected chi connectivity index (χ1v) is 5.56. The van der Waals surface area contributed by atoms with Crippen molar-refractivity contribution in [3.05, 3.63) is 35.2 Å². The molecule has 0 aliphatic rings. The lowest BCUT2D eigenvalue weighted by Crippen LogP contribution is -2.06. The van der Waals surface area contributed by atoms with E-state index >= 15 is 0 Å². The topological polar surface area (TPSA) is 64.9 Å². The molecule has 2 N–H and O–H groups in total. The predicted molar refractivity (Wildman–Crippen MR) is 62.1 cm³/mol. The average molecular weight is 271 g/mol. The second-order valence-electron chi connectivity index (χ2n) is 4.27. The Morgan fingerprint density at radius 3 is 2.42 bits per heavy atom. The Morgan fingerprint density at radius 2 is 1.95 bits per heavy atom. The van der Waals surface area contributed by atoms with E-state index in [9.17, 15) is 13.2 Å². The van der Waals surface area contributed by atoms with Crippen LogP contribution in [0.1, 0.15) is 30.0 Å². The Morgan fingerprint density at radius 1 is 1.26 bits per heavy atom. The number of hydrogen-bond donors (Lipinski definition) is 1. The molecule has 0 aliphatic carbocycles. The minimum absolute atomic E-state index is 0.150. The fourth-order valence-corrected chi connectivity index (χ4v) is 1.77. The summed E-state index contributed by atoms with van der Waals surface area (Å²) in [5.74, 6) is -1.51. The van der Waals surface area contributed by atoms with Crippen molar-refractivity contribution in [3.63, 3.8) is 0 Å². The third kappa shape index (κ3) is 2.76. The molecule has 1 aromatic heterocycles. The number of nitrogens with two attached hydrogens (primary N) is 1. The summed E-state index contributed by atoms with van der Waals surface area (Å²) in [5, 5.41) is 6.39. The molecule has 0 radical (unpaired) electrons. The van der Waals surface area contributed by atoms with E-state index in [0.717, 1.165) is 11.1 Å². The van der Waals surface area contributed by atoms with Gasteiger partial charge in [-0.25, -0.2) is 0 Å². The summed E-state index contributed by atoms with van der Waals surface area (Å²) >= 11 is 0. The van der Waals surface area contributed by atoms with Crippen LogP contribution in [0.5, 0.6) is 0 Å². The molecule has 1 aromatic carbocycles. The first-order valence-electron chi connectivity index (χ1n) is 5.56. The molecule has 0 fully saturated rings. The van der Waals surface area contributed by atoms with Gasteiger partial charge in [-0.2, -0.15) is 13.2 Å². The van der Waals surface area contributed by atoms with Gasteiger partial charge in [-0.15, -0.1) is 10.2 Å². The Balaban J connectivity index is 2.38. The minimum atomic E-state index is -4.63. The Kier molecular flexibility index (Phi) is 3.32. The SMILES string of the molecule is Cc1cc(-c2nnc(C(F)(F)F)o2)ccc1C(C)N. The number of halogens is 3. The fourth-order valence-electron chi connectivity index (χ4n) is 1.77. The molecule has 102 valence electrons. The summed E-state index contributed by atoms with van der Waals surface area (Å²) in [5.41, 5.74) is 7.98. The van der Waals surface area contributed by atoms with Crippen LogP contribution < -0.4 is 5.73 Å². The van der Waals surface area contributed by atoms with Gasteiger partial charge in [0, 0.05) is 11.6 Å². The van der Waals surface area contributed by atoms with Crippen molar-refractivity contribution in [2.75, 3.05) is 0 Å². The van der Waals surface area contributed by atoms with Gasteiger partial charge in [0.1, 0.15) is 0 Å². The summed E-state index contributed by atoms with van der Waals surface area (Å²) in [7, 11) is 0. The van der Waals surface area contributed by atoms with Gasteiger partial charge < -0.3 is 10.2 Å². The zero-order chi connectivity index (χ0) is 14.2. The molecule has 1 atom stereocenters. The number of rotatable bonds is 2. The smallest absolute Gasteiger partial charge is 0.413 e. The van der Waals surface area contributed by atoms with E-state index in [1.807, 2.05) is 13.8 Å². The van der Waals surface area contributed by atoms with Crippen LogP contribution in [0.25, 0.3) is 11.5 Å². The molecule has 1 heterocycles. The molecule has 0 bridgehead atoms. The summed E-state index contributed by atoms with van der Waals surface area (Å²) in [6.07, 6.45) is -4.63. The fraction of sp³-hybridized carbons (Fsp3) is 0.333. The third-order valence-corrected chi connectivity index (χ3v) is 2.67. The standard InChI is InChI=1S/C12H12F3N3O/c1-6-5-8(3-4-9(6)7(2)16)10-17-18-11(19-10)12(13,14)15/h3-5,7H,16H2,1-2H3. The highest BCUT2D eigenvalue weighted by molar-refractivity contribution is 5.55. The van der Waals surface area contributed by atoms with Crippen LogP contribution in [0.4, 0.5) is 13.2 Å². The molecule has 0 amide bonds. The zero-order valence-electron chi connectivity index (χ0n) is 10.3. The van der Waals surface area contributed by atoms with Crippen LogP contribution >= 0.6 is 0 Å². The maximum absolute atomic E-state index is 12.4. The van der Waals surface area contributed by atoms with Crippen molar-refractivity contribution in [3.8, 4) is 11.5 Å². The zero-order valence-corrected chi connectivity index (χ0v) is 10.3. The molecule has 2 rings (SSSR count). The van der Waals surface area contributed by atoms with Crippen LogP contribution in [0.3, 0.4) is 0 Å². The van der Waals surface area contributed by atoms with Gasteiger partial charge in [0.2, 0.25) is 5.89 Å². The van der Waals surface area contributed by atoms with Gasteiger partial charge in [-0.3, -0.25) is 0 Å². The molecule has 0 spiro atoms. The molecular weight excluding hydrogens is 259 g/mol. The van der Waals surface area contributed by atoms with Crippen LogP contribution in [-0.2, 0) is 6.18 Å². The van der Waals surface area contributed by atoms with Gasteiger partial charge in [0.25, 0.3) is 0 Å². The van der Waals surface area contributed by atoms with E-state index in [1.165, 1.54) is 0 Å². The lowest BCUT2D eigenvalue weighted by atomic mass is 10.0. The van der Waals surface area contributed by atoms with E-state index in [2.05, 4.69) is 14.6 Å². The molecule has 0 saturated carbocycles. The largest absolute Gasteiger partial charge is 0.470 e. The quantitative estimate of drug-likeness (QED) is 0.911. The van der Waals surface area contributed by atoms with Gasteiger partial charge >= 0.3 is 12.1 Å². The lowest BCUT2D eigenvalue weighted by Gasteiger charge is -2.10. The summed E-state index contributed by atoms with van der Waals surface area (Å²) in [6.45, 7) is 3.65. The van der Waals surface area contributed by atoms with Crippen molar-refractivity contribution < 1.29 is 17.6 Å². The maximum Gasteiger partial charge on any atom is 0.470 e. The lowest BCUT2D eigenvalue weighted by molar-refractivity contribution is -0.156. The first-order chi connectivity index (χ1) is 8.79. The molecule has 1 unspecified atom stereocenters. The van der Waals surface area contributed by atoms with Gasteiger partial charge in [0.15, 0.2) is 0 Å². The first kappa shape index (κ1) is 13.5. The van der Waals surface area contributed by atoms with E-state index in [0.29, 0.717) is 5.56 Å². The summed E-state index contributed by atoms with van der Waals surface area (Å²) < 4.78 is 41.7. The highest BCUT2D eigenvalue weighted by Crippen LogP contribution is 2.31. The van der Waals surface area contributed by atoms with Gasteiger partial charge in [-0.05, 0) is 37.1 Å². The van der Waals surface area contributed by atoms with Crippen LogP contribution in [0, 0.1) is 6.92 Å². The summed E-state index contributed by atoms with van der Waals surface area (Å²) in [6, 6.07) is 4.88. The van der Waals surface area contributed by atoms with Crippen LogP contribution in [-0.4, -0.2) is 10.2 Å². The Hall–Kier alpha value is -1.89. The molecule has 19 heavy (non-hydrogen) atoms. The van der Waals surface area contributed by atoms with Crippen molar-refractivity contribution in [1.82, 2.24) is 10.2 Å². The highest BCUT2D eigenvalue weighted by Gasteiger charge is 2.38. The monoisotopic (exact) mass is 271 g/mol. The molecule has 0 saturated heterocycles. The van der Waals surface area contributed by atoms with Crippen molar-refractivity contribution in [1.29, 1.82) is 0 Å². The van der Waals surface area contributed by atoms with Crippen LogP contribution in [0.2, 0.25) is 0 Å². The van der Waals surface area contributed by atoms with Crippen molar-refractivity contribution in [2.45, 2.75) is 26.1 Å². The van der Waals surface area contributed by atoms with E-state index in [1.54, 1.807) is 18.2 Å². The molecule has 7 heteroatoms. The van der Waals surface area contributed by atoms with Crippen LogP contribution in [0.15, 0.2) is 22.6 Å². The maximum atomic E-state index is 12.4. The Bertz CT molecular complexity index is 590. The average Bonchev–Trinajstić information content (AvgIpc) is 2.76. The van der Waals surface area contributed by atoms with Gasteiger partial charge in [0.05, 0.1) is 0 Å². The van der Waals surface area contributed by atoms with Crippen molar-refractivity contribution >= 4 is 0 Å². The number of alkyl halides is 3. The second kappa shape index (κ2) is 4.65.